The third kappa shape index (κ3) is 4.75. The predicted octanol–water partition coefficient (Wildman–Crippen LogP) is 1.89. The van der Waals surface area contributed by atoms with Gasteiger partial charge in [0.25, 0.3) is 5.91 Å². The normalized spacial score (nSPS) is 10.4. The van der Waals surface area contributed by atoms with Gasteiger partial charge in [-0.25, -0.2) is 4.79 Å². The van der Waals surface area contributed by atoms with Gasteiger partial charge in [0.1, 0.15) is 0 Å². The molecule has 0 atom stereocenters. The smallest absolute Gasteiger partial charge is 0.357 e. The predicted molar refractivity (Wildman–Crippen MR) is 95.0 cm³/mol. The number of aromatic nitrogens is 2. The molecule has 0 aliphatic carbocycles. The molecule has 2 rings (SSSR count). The zero-order valence-electron chi connectivity index (χ0n) is 15.1. The first-order chi connectivity index (χ1) is 12.5. The van der Waals surface area contributed by atoms with E-state index >= 15 is 0 Å². The lowest BCUT2D eigenvalue weighted by atomic mass is 10.1. The lowest BCUT2D eigenvalue weighted by molar-refractivity contribution is 0.0684. The molecule has 140 valence electrons. The van der Waals surface area contributed by atoms with Gasteiger partial charge in [-0.2, -0.15) is 5.10 Å². The summed E-state index contributed by atoms with van der Waals surface area (Å²) in [6.07, 6.45) is 1.96. The molecule has 0 saturated carbocycles. The monoisotopic (exact) mass is 361 g/mol. The Labute approximate surface area is 151 Å². The molecule has 0 radical (unpaired) electrons. The number of aromatic carboxylic acids is 1. The van der Waals surface area contributed by atoms with Gasteiger partial charge in [0, 0.05) is 19.8 Å². The van der Waals surface area contributed by atoms with Gasteiger partial charge in [0.05, 0.1) is 18.8 Å². The van der Waals surface area contributed by atoms with E-state index in [0.717, 1.165) is 5.56 Å². The van der Waals surface area contributed by atoms with Crippen LogP contribution in [0, 0.1) is 0 Å². The highest BCUT2D eigenvalue weighted by Gasteiger charge is 2.20. The number of hydrogen-bond acceptors (Lipinski definition) is 5. The number of hydrogen-bond donors (Lipinski definition) is 2. The summed E-state index contributed by atoms with van der Waals surface area (Å²) in [5.41, 5.74) is 0.758. The summed E-state index contributed by atoms with van der Waals surface area (Å²) in [6, 6.07) is 5.63. The summed E-state index contributed by atoms with van der Waals surface area (Å²) < 4.78 is 12.4. The van der Waals surface area contributed by atoms with Crippen LogP contribution in [-0.2, 0) is 13.5 Å². The molecular formula is C18H23N3O5. The van der Waals surface area contributed by atoms with Gasteiger partial charge in [-0.1, -0.05) is 6.07 Å². The maximum absolute atomic E-state index is 12.2. The molecule has 1 heterocycles. The zero-order chi connectivity index (χ0) is 19.1. The van der Waals surface area contributed by atoms with Crippen LogP contribution in [0.1, 0.15) is 40.3 Å². The van der Waals surface area contributed by atoms with Gasteiger partial charge < -0.3 is 19.9 Å². The maximum atomic E-state index is 12.2. The molecule has 0 fully saturated rings. The largest absolute Gasteiger partial charge is 0.490 e. The summed E-state index contributed by atoms with van der Waals surface area (Å²) in [5, 5.41) is 15.6. The van der Waals surface area contributed by atoms with Gasteiger partial charge in [-0.3, -0.25) is 9.48 Å². The summed E-state index contributed by atoms with van der Waals surface area (Å²) in [4.78, 5) is 23.3. The first-order valence-corrected chi connectivity index (χ1v) is 8.39. The van der Waals surface area contributed by atoms with Gasteiger partial charge in [-0.15, -0.1) is 0 Å². The van der Waals surface area contributed by atoms with Crippen molar-refractivity contribution in [3.63, 3.8) is 0 Å². The Morgan fingerprint density at radius 3 is 2.54 bits per heavy atom. The average Bonchev–Trinajstić information content (AvgIpc) is 3.00. The van der Waals surface area contributed by atoms with Crippen molar-refractivity contribution in [3.05, 3.63) is 41.2 Å². The Morgan fingerprint density at radius 1 is 1.19 bits per heavy atom. The molecule has 1 amide bonds. The van der Waals surface area contributed by atoms with E-state index in [1.807, 2.05) is 32.0 Å². The summed E-state index contributed by atoms with van der Waals surface area (Å²) in [7, 11) is 1.57. The quantitative estimate of drug-likeness (QED) is 0.707. The van der Waals surface area contributed by atoms with E-state index < -0.39 is 11.9 Å². The molecule has 0 unspecified atom stereocenters. The lowest BCUT2D eigenvalue weighted by Gasteiger charge is -2.12. The number of benzene rings is 1. The lowest BCUT2D eigenvalue weighted by Crippen LogP contribution is -2.27. The number of carboxylic acid groups (broad SMARTS) is 1. The van der Waals surface area contributed by atoms with Crippen molar-refractivity contribution in [2.45, 2.75) is 20.3 Å². The minimum Gasteiger partial charge on any atom is -0.490 e. The number of aryl methyl sites for hydroxylation is 1. The first-order valence-electron chi connectivity index (χ1n) is 8.39. The van der Waals surface area contributed by atoms with Crippen LogP contribution in [0.5, 0.6) is 11.5 Å². The van der Waals surface area contributed by atoms with Crippen LogP contribution in [0.2, 0.25) is 0 Å². The number of nitrogens with one attached hydrogen (secondary N) is 1. The number of carboxylic acids is 1. The molecule has 0 saturated heterocycles. The van der Waals surface area contributed by atoms with Crippen LogP contribution < -0.4 is 14.8 Å². The molecule has 0 spiro atoms. The van der Waals surface area contributed by atoms with E-state index in [9.17, 15) is 9.59 Å². The van der Waals surface area contributed by atoms with Gasteiger partial charge in [0.2, 0.25) is 0 Å². The van der Waals surface area contributed by atoms with Crippen LogP contribution >= 0.6 is 0 Å². The molecule has 0 aliphatic heterocycles. The molecular weight excluding hydrogens is 338 g/mol. The number of amides is 1. The third-order valence-electron chi connectivity index (χ3n) is 3.58. The second-order valence-corrected chi connectivity index (χ2v) is 5.52. The number of carbonyl (C=O) groups excluding carboxylic acids is 1. The highest BCUT2D eigenvalue weighted by atomic mass is 16.5. The molecule has 1 aromatic carbocycles. The highest BCUT2D eigenvalue weighted by molar-refractivity contribution is 6.03. The van der Waals surface area contributed by atoms with E-state index in [4.69, 9.17) is 14.6 Å². The summed E-state index contributed by atoms with van der Waals surface area (Å²) in [5.74, 6) is -0.350. The summed E-state index contributed by atoms with van der Waals surface area (Å²) in [6.45, 7) is 5.23. The Hall–Kier alpha value is -3.03. The minimum absolute atomic E-state index is 0.0432. The number of ether oxygens (including phenoxy) is 2. The molecule has 26 heavy (non-hydrogen) atoms. The summed E-state index contributed by atoms with van der Waals surface area (Å²) >= 11 is 0. The van der Waals surface area contributed by atoms with E-state index in [0.29, 0.717) is 37.7 Å². The Balaban J connectivity index is 2.00. The van der Waals surface area contributed by atoms with E-state index in [-0.39, 0.29) is 11.3 Å². The average molecular weight is 361 g/mol. The maximum Gasteiger partial charge on any atom is 0.357 e. The van der Waals surface area contributed by atoms with Crippen molar-refractivity contribution in [3.8, 4) is 11.5 Å². The Bertz CT molecular complexity index is 785. The SMILES string of the molecule is CCOc1ccc(CCNC(=O)c2cn(C)nc2C(=O)O)cc1OCC. The topological polar surface area (TPSA) is 103 Å². The van der Waals surface area contributed by atoms with Crippen LogP contribution in [0.3, 0.4) is 0 Å². The second-order valence-electron chi connectivity index (χ2n) is 5.52. The van der Waals surface area contributed by atoms with Gasteiger partial charge >= 0.3 is 5.97 Å². The zero-order valence-corrected chi connectivity index (χ0v) is 15.1. The van der Waals surface area contributed by atoms with Gasteiger partial charge in [-0.05, 0) is 38.0 Å². The van der Waals surface area contributed by atoms with Crippen molar-refractivity contribution in [1.82, 2.24) is 15.1 Å². The molecule has 2 aromatic rings. The highest BCUT2D eigenvalue weighted by Crippen LogP contribution is 2.28. The van der Waals surface area contributed by atoms with Gasteiger partial charge in [0.15, 0.2) is 17.2 Å². The van der Waals surface area contributed by atoms with E-state index in [2.05, 4.69) is 10.4 Å². The fourth-order valence-electron chi connectivity index (χ4n) is 2.48. The molecule has 8 heteroatoms. The van der Waals surface area contributed by atoms with Crippen molar-refractivity contribution < 1.29 is 24.2 Å². The minimum atomic E-state index is -1.23. The van der Waals surface area contributed by atoms with Crippen LogP contribution in [0.25, 0.3) is 0 Å². The number of carbonyl (C=O) groups is 2. The van der Waals surface area contributed by atoms with E-state index in [1.54, 1.807) is 7.05 Å². The first kappa shape index (κ1) is 19.3. The number of rotatable bonds is 9. The fraction of sp³-hybridized carbons (Fsp3) is 0.389. The Morgan fingerprint density at radius 2 is 1.88 bits per heavy atom. The second kappa shape index (κ2) is 8.89. The van der Waals surface area contributed by atoms with Crippen LogP contribution in [0.4, 0.5) is 0 Å². The third-order valence-corrected chi connectivity index (χ3v) is 3.58. The van der Waals surface area contributed by atoms with Crippen molar-refractivity contribution in [2.75, 3.05) is 19.8 Å². The molecule has 0 aliphatic rings. The van der Waals surface area contributed by atoms with Crippen molar-refractivity contribution >= 4 is 11.9 Å². The molecule has 0 bridgehead atoms. The van der Waals surface area contributed by atoms with Crippen molar-refractivity contribution in [1.29, 1.82) is 0 Å². The standard InChI is InChI=1S/C18H23N3O5/c1-4-25-14-7-6-12(10-15(14)26-5-2)8-9-19-17(22)13-11-21(3)20-16(13)18(23)24/h6-7,10-11H,4-5,8-9H2,1-3H3,(H,19,22)(H,23,24). The van der Waals surface area contributed by atoms with E-state index in [1.165, 1.54) is 10.9 Å². The number of nitrogens with zero attached hydrogens (tertiary/aromatic N) is 2. The fourth-order valence-corrected chi connectivity index (χ4v) is 2.48. The Kier molecular flexibility index (Phi) is 6.60. The molecule has 1 aromatic heterocycles. The van der Waals surface area contributed by atoms with Crippen molar-refractivity contribution in [2.24, 2.45) is 7.05 Å². The molecule has 8 nitrogen and oxygen atoms in total. The molecule has 2 N–H and O–H groups in total. The van der Waals surface area contributed by atoms with Crippen LogP contribution in [-0.4, -0.2) is 46.5 Å². The van der Waals surface area contributed by atoms with Crippen LogP contribution in [0.15, 0.2) is 24.4 Å².